The van der Waals surface area contributed by atoms with Gasteiger partial charge in [-0.2, -0.15) is 0 Å². The van der Waals surface area contributed by atoms with Crippen molar-refractivity contribution in [3.63, 3.8) is 0 Å². The van der Waals surface area contributed by atoms with Gasteiger partial charge < -0.3 is 15.1 Å². The normalized spacial score (nSPS) is 20.8. The summed E-state index contributed by atoms with van der Waals surface area (Å²) in [5.74, 6) is 0.0737. The molecular formula is C16H21N3O2. The minimum atomic E-state index is 0.00116. The Bertz CT molecular complexity index is 583. The van der Waals surface area contributed by atoms with Gasteiger partial charge in [-0.1, -0.05) is 6.07 Å². The maximum Gasteiger partial charge on any atom is 0.254 e. The Kier molecular flexibility index (Phi) is 3.68. The molecule has 1 aromatic rings. The molecule has 2 heterocycles. The smallest absolute Gasteiger partial charge is 0.254 e. The first-order valence-electron chi connectivity index (χ1n) is 7.43. The number of carbonyl (C=O) groups excluding carboxylic acids is 2. The molecule has 0 bridgehead atoms. The van der Waals surface area contributed by atoms with Gasteiger partial charge in [-0.05, 0) is 44.6 Å². The Hall–Kier alpha value is -1.88. The van der Waals surface area contributed by atoms with Crippen LogP contribution < -0.4 is 5.32 Å². The van der Waals surface area contributed by atoms with Crippen LogP contribution in [0.4, 0.5) is 5.69 Å². The zero-order valence-electron chi connectivity index (χ0n) is 12.6. The van der Waals surface area contributed by atoms with Gasteiger partial charge in [0.15, 0.2) is 0 Å². The van der Waals surface area contributed by atoms with Crippen molar-refractivity contribution in [2.24, 2.45) is 0 Å². The molecule has 0 saturated carbocycles. The topological polar surface area (TPSA) is 52.6 Å². The second kappa shape index (κ2) is 5.48. The number of hydrogen-bond donors (Lipinski definition) is 1. The summed E-state index contributed by atoms with van der Waals surface area (Å²) in [7, 11) is 4.07. The van der Waals surface area contributed by atoms with Crippen LogP contribution in [0.25, 0.3) is 0 Å². The van der Waals surface area contributed by atoms with E-state index in [4.69, 9.17) is 0 Å². The fourth-order valence-electron chi connectivity index (χ4n) is 3.23. The van der Waals surface area contributed by atoms with Crippen LogP contribution in [-0.4, -0.2) is 54.8 Å². The van der Waals surface area contributed by atoms with Crippen LogP contribution in [0, 0.1) is 0 Å². The quantitative estimate of drug-likeness (QED) is 0.913. The average Bonchev–Trinajstić information content (AvgIpc) is 3.01. The number of nitrogens with one attached hydrogen (secondary N) is 1. The van der Waals surface area contributed by atoms with Crippen molar-refractivity contribution in [2.45, 2.75) is 25.3 Å². The molecule has 0 aliphatic carbocycles. The molecule has 112 valence electrons. The third-order valence-corrected chi connectivity index (χ3v) is 4.20. The van der Waals surface area contributed by atoms with E-state index in [1.54, 1.807) is 0 Å². The van der Waals surface area contributed by atoms with E-state index in [1.165, 1.54) is 0 Å². The van der Waals surface area contributed by atoms with Crippen LogP contribution in [0.2, 0.25) is 0 Å². The maximum absolute atomic E-state index is 12.7. The van der Waals surface area contributed by atoms with Gasteiger partial charge in [-0.15, -0.1) is 0 Å². The van der Waals surface area contributed by atoms with E-state index in [1.807, 2.05) is 37.2 Å². The number of carbonyl (C=O) groups is 2. The van der Waals surface area contributed by atoms with Crippen molar-refractivity contribution in [3.05, 3.63) is 29.3 Å². The minimum absolute atomic E-state index is 0.00116. The summed E-state index contributed by atoms with van der Waals surface area (Å²) in [6, 6.07) is 5.83. The largest absolute Gasteiger partial charge is 0.334 e. The van der Waals surface area contributed by atoms with Crippen LogP contribution in [0.15, 0.2) is 18.2 Å². The van der Waals surface area contributed by atoms with Gasteiger partial charge in [0.05, 0.1) is 6.42 Å². The fourth-order valence-corrected chi connectivity index (χ4v) is 3.23. The molecule has 5 heteroatoms. The molecule has 21 heavy (non-hydrogen) atoms. The van der Waals surface area contributed by atoms with Crippen molar-refractivity contribution >= 4 is 17.5 Å². The Morgan fingerprint density at radius 3 is 3.00 bits per heavy atom. The molecule has 0 spiro atoms. The Morgan fingerprint density at radius 2 is 2.24 bits per heavy atom. The van der Waals surface area contributed by atoms with Crippen LogP contribution in [0.5, 0.6) is 0 Å². The van der Waals surface area contributed by atoms with Crippen molar-refractivity contribution in [1.29, 1.82) is 0 Å². The number of anilines is 1. The second-order valence-electron chi connectivity index (χ2n) is 6.15. The summed E-state index contributed by atoms with van der Waals surface area (Å²) in [4.78, 5) is 28.2. The summed E-state index contributed by atoms with van der Waals surface area (Å²) in [5.41, 5.74) is 2.43. The Balaban J connectivity index is 1.79. The fraction of sp³-hybridized carbons (Fsp3) is 0.500. The highest BCUT2D eigenvalue weighted by Gasteiger charge is 2.30. The lowest BCUT2D eigenvalue weighted by Crippen LogP contribution is -2.41. The van der Waals surface area contributed by atoms with Gasteiger partial charge >= 0.3 is 0 Å². The van der Waals surface area contributed by atoms with E-state index in [0.717, 1.165) is 37.2 Å². The van der Waals surface area contributed by atoms with Crippen LogP contribution in [0.1, 0.15) is 28.8 Å². The first-order chi connectivity index (χ1) is 10.0. The number of nitrogens with zero attached hydrogens (tertiary/aromatic N) is 2. The lowest BCUT2D eigenvalue weighted by Gasteiger charge is -2.27. The summed E-state index contributed by atoms with van der Waals surface area (Å²) < 4.78 is 0. The molecule has 2 aliphatic heterocycles. The molecular weight excluding hydrogens is 266 g/mol. The highest BCUT2D eigenvalue weighted by molar-refractivity contribution is 6.02. The van der Waals surface area contributed by atoms with Crippen molar-refractivity contribution in [1.82, 2.24) is 9.80 Å². The molecule has 5 nitrogen and oxygen atoms in total. The van der Waals surface area contributed by atoms with Crippen LogP contribution in [-0.2, 0) is 11.2 Å². The number of rotatable bonds is 3. The zero-order valence-corrected chi connectivity index (χ0v) is 12.6. The molecule has 1 fully saturated rings. The summed E-state index contributed by atoms with van der Waals surface area (Å²) in [6.45, 7) is 1.72. The number of fused-ring (bicyclic) bond motifs is 1. The first kappa shape index (κ1) is 14.1. The molecule has 2 aliphatic rings. The van der Waals surface area contributed by atoms with Crippen LogP contribution >= 0.6 is 0 Å². The standard InChI is InChI=1S/C16H21N3O2/c1-18(2)10-13-4-3-7-19(13)16(21)12-6-5-11-9-15(20)17-14(11)8-12/h5-6,8,13H,3-4,7,9-10H2,1-2H3,(H,17,20). The lowest BCUT2D eigenvalue weighted by atomic mass is 10.1. The third-order valence-electron chi connectivity index (χ3n) is 4.20. The highest BCUT2D eigenvalue weighted by atomic mass is 16.2. The van der Waals surface area contributed by atoms with Gasteiger partial charge in [0.1, 0.15) is 0 Å². The molecule has 1 atom stereocenters. The predicted molar refractivity (Wildman–Crippen MR) is 81.4 cm³/mol. The number of amides is 2. The van der Waals surface area contributed by atoms with Crippen molar-refractivity contribution < 1.29 is 9.59 Å². The Morgan fingerprint density at radius 1 is 1.43 bits per heavy atom. The van der Waals surface area contributed by atoms with Gasteiger partial charge in [0.2, 0.25) is 5.91 Å². The lowest BCUT2D eigenvalue weighted by molar-refractivity contribution is -0.115. The van der Waals surface area contributed by atoms with E-state index >= 15 is 0 Å². The third kappa shape index (κ3) is 2.78. The Labute approximate surface area is 124 Å². The van der Waals surface area contributed by atoms with E-state index in [2.05, 4.69) is 10.2 Å². The maximum atomic E-state index is 12.7. The molecule has 1 N–H and O–H groups in total. The predicted octanol–water partition coefficient (Wildman–Crippen LogP) is 1.35. The van der Waals surface area contributed by atoms with Gasteiger partial charge in [0, 0.05) is 30.4 Å². The van der Waals surface area contributed by atoms with E-state index < -0.39 is 0 Å². The molecule has 1 saturated heterocycles. The number of likely N-dealkylation sites (N-methyl/N-ethyl adjacent to an activating group) is 1. The summed E-state index contributed by atoms with van der Waals surface area (Å²) in [5, 5.41) is 2.81. The average molecular weight is 287 g/mol. The van der Waals surface area contributed by atoms with Crippen molar-refractivity contribution in [3.8, 4) is 0 Å². The zero-order chi connectivity index (χ0) is 15.0. The highest BCUT2D eigenvalue weighted by Crippen LogP contribution is 2.26. The number of hydrogen-bond acceptors (Lipinski definition) is 3. The van der Waals surface area contributed by atoms with E-state index in [0.29, 0.717) is 12.0 Å². The number of likely N-dealkylation sites (tertiary alicyclic amines) is 1. The summed E-state index contributed by atoms with van der Waals surface area (Å²) >= 11 is 0. The summed E-state index contributed by atoms with van der Waals surface area (Å²) in [6.07, 6.45) is 2.54. The monoisotopic (exact) mass is 287 g/mol. The van der Waals surface area contributed by atoms with E-state index in [9.17, 15) is 9.59 Å². The molecule has 3 rings (SSSR count). The number of benzene rings is 1. The van der Waals surface area contributed by atoms with Crippen molar-refractivity contribution in [2.75, 3.05) is 32.5 Å². The van der Waals surface area contributed by atoms with E-state index in [-0.39, 0.29) is 17.9 Å². The minimum Gasteiger partial charge on any atom is -0.334 e. The molecule has 2 amide bonds. The molecule has 0 radical (unpaired) electrons. The van der Waals surface area contributed by atoms with Crippen LogP contribution in [0.3, 0.4) is 0 Å². The van der Waals surface area contributed by atoms with Gasteiger partial charge in [0.25, 0.3) is 5.91 Å². The SMILES string of the molecule is CN(C)CC1CCCN1C(=O)c1ccc2c(c1)NC(=O)C2. The molecule has 1 unspecified atom stereocenters. The first-order valence-corrected chi connectivity index (χ1v) is 7.43. The molecule has 1 aromatic carbocycles. The molecule has 0 aromatic heterocycles. The van der Waals surface area contributed by atoms with Gasteiger partial charge in [-0.25, -0.2) is 0 Å². The van der Waals surface area contributed by atoms with Gasteiger partial charge in [-0.3, -0.25) is 9.59 Å². The second-order valence-corrected chi connectivity index (χ2v) is 6.15.